The molecule has 2 aromatic carbocycles. The van der Waals surface area contributed by atoms with E-state index in [0.29, 0.717) is 29.5 Å². The zero-order valence-electron chi connectivity index (χ0n) is 15.2. The molecule has 0 radical (unpaired) electrons. The van der Waals surface area contributed by atoms with E-state index in [1.54, 1.807) is 18.2 Å². The molecule has 28 heavy (non-hydrogen) atoms. The fourth-order valence-corrected chi connectivity index (χ4v) is 2.69. The summed E-state index contributed by atoms with van der Waals surface area (Å²) < 4.78 is 49.5. The van der Waals surface area contributed by atoms with Crippen LogP contribution < -0.4 is 15.2 Å². The van der Waals surface area contributed by atoms with Crippen LogP contribution in [0.5, 0.6) is 11.5 Å². The number of hydrogen-bond donors (Lipinski definition) is 2. The molecule has 0 saturated carbocycles. The average molecular weight is 392 g/mol. The number of hydrogen-bond acceptors (Lipinski definition) is 5. The average Bonchev–Trinajstić information content (AvgIpc) is 3.17. The van der Waals surface area contributed by atoms with Gasteiger partial charge in [0, 0.05) is 5.56 Å². The van der Waals surface area contributed by atoms with Gasteiger partial charge in [-0.3, -0.25) is 5.10 Å². The molecule has 0 aliphatic heterocycles. The Balaban J connectivity index is 1.89. The summed E-state index contributed by atoms with van der Waals surface area (Å²) in [5, 5.41) is 6.71. The highest BCUT2D eigenvalue weighted by atomic mass is 19.4. The fourth-order valence-electron chi connectivity index (χ4n) is 2.69. The molecule has 148 valence electrons. The van der Waals surface area contributed by atoms with E-state index in [-0.39, 0.29) is 11.4 Å². The Morgan fingerprint density at radius 3 is 2.61 bits per heavy atom. The van der Waals surface area contributed by atoms with Gasteiger partial charge in [0.1, 0.15) is 5.82 Å². The van der Waals surface area contributed by atoms with Crippen LogP contribution in [0.3, 0.4) is 0 Å². The van der Waals surface area contributed by atoms with E-state index in [1.807, 2.05) is 6.92 Å². The van der Waals surface area contributed by atoms with Crippen molar-refractivity contribution in [2.75, 3.05) is 13.7 Å². The van der Waals surface area contributed by atoms with Crippen LogP contribution in [-0.2, 0) is 6.18 Å². The molecule has 0 amide bonds. The van der Waals surface area contributed by atoms with Gasteiger partial charge in [-0.05, 0) is 36.8 Å². The van der Waals surface area contributed by atoms with E-state index < -0.39 is 17.8 Å². The van der Waals surface area contributed by atoms with Gasteiger partial charge < -0.3 is 15.2 Å². The minimum atomic E-state index is -4.44. The zero-order valence-corrected chi connectivity index (χ0v) is 15.2. The van der Waals surface area contributed by atoms with E-state index in [2.05, 4.69) is 15.2 Å². The third-order valence-electron chi connectivity index (χ3n) is 4.09. The number of benzene rings is 2. The summed E-state index contributed by atoms with van der Waals surface area (Å²) in [6, 6.07) is 9.37. The number of aromatic amines is 1. The molecule has 3 N–H and O–H groups in total. The van der Waals surface area contributed by atoms with Crippen molar-refractivity contribution in [3.63, 3.8) is 0 Å². The molecule has 0 aliphatic carbocycles. The molecule has 3 aromatic rings. The number of nitrogens with two attached hydrogens (primary N) is 1. The van der Waals surface area contributed by atoms with Crippen molar-refractivity contribution in [2.45, 2.75) is 19.1 Å². The fraction of sp³-hybridized carbons (Fsp3) is 0.263. The maximum Gasteiger partial charge on any atom is 0.416 e. The van der Waals surface area contributed by atoms with Gasteiger partial charge in [-0.2, -0.15) is 18.3 Å². The number of nitrogens with one attached hydrogen (secondary N) is 1. The van der Waals surface area contributed by atoms with Crippen LogP contribution in [0, 0.1) is 0 Å². The van der Waals surface area contributed by atoms with Crippen LogP contribution >= 0.6 is 0 Å². The Labute approximate surface area is 159 Å². The Bertz CT molecular complexity index is 956. The molecule has 1 atom stereocenters. The summed E-state index contributed by atoms with van der Waals surface area (Å²) >= 11 is 0. The van der Waals surface area contributed by atoms with Crippen molar-refractivity contribution in [1.29, 1.82) is 0 Å². The van der Waals surface area contributed by atoms with E-state index >= 15 is 0 Å². The highest BCUT2D eigenvalue weighted by Crippen LogP contribution is 2.33. The van der Waals surface area contributed by atoms with E-state index in [9.17, 15) is 13.2 Å². The van der Waals surface area contributed by atoms with Crippen LogP contribution in [0.2, 0.25) is 0 Å². The van der Waals surface area contributed by atoms with Gasteiger partial charge >= 0.3 is 6.18 Å². The van der Waals surface area contributed by atoms with Crippen molar-refractivity contribution in [3.05, 3.63) is 59.4 Å². The van der Waals surface area contributed by atoms with Gasteiger partial charge in [0.25, 0.3) is 0 Å². The Morgan fingerprint density at radius 2 is 1.93 bits per heavy atom. The van der Waals surface area contributed by atoms with Gasteiger partial charge in [0.2, 0.25) is 0 Å². The van der Waals surface area contributed by atoms with Crippen molar-refractivity contribution >= 4 is 0 Å². The van der Waals surface area contributed by atoms with Crippen LogP contribution in [0.15, 0.2) is 42.5 Å². The third-order valence-corrected chi connectivity index (χ3v) is 4.09. The molecule has 0 spiro atoms. The van der Waals surface area contributed by atoms with Gasteiger partial charge in [0.15, 0.2) is 17.3 Å². The lowest BCUT2D eigenvalue weighted by Gasteiger charge is -2.14. The molecular formula is C19H19F3N4O2. The quantitative estimate of drug-likeness (QED) is 0.664. The molecular weight excluding hydrogens is 373 g/mol. The number of aromatic nitrogens is 3. The summed E-state index contributed by atoms with van der Waals surface area (Å²) in [7, 11) is 1.54. The summed E-state index contributed by atoms with van der Waals surface area (Å²) in [5.74, 6) is 1.56. The largest absolute Gasteiger partial charge is 0.493 e. The van der Waals surface area contributed by atoms with E-state index in [0.717, 1.165) is 12.1 Å². The molecule has 9 heteroatoms. The lowest BCUT2D eigenvalue weighted by atomic mass is 10.1. The Morgan fingerprint density at radius 1 is 1.14 bits per heavy atom. The van der Waals surface area contributed by atoms with Gasteiger partial charge in [-0.25, -0.2) is 4.98 Å². The monoisotopic (exact) mass is 392 g/mol. The molecule has 1 unspecified atom stereocenters. The van der Waals surface area contributed by atoms with Crippen molar-refractivity contribution in [3.8, 4) is 22.9 Å². The number of rotatable bonds is 6. The first-order valence-corrected chi connectivity index (χ1v) is 8.49. The van der Waals surface area contributed by atoms with Crippen molar-refractivity contribution < 1.29 is 22.6 Å². The number of H-pyrrole nitrogens is 1. The number of nitrogens with zero attached hydrogens (tertiary/aromatic N) is 2. The van der Waals surface area contributed by atoms with Crippen molar-refractivity contribution in [2.24, 2.45) is 5.73 Å². The first-order valence-electron chi connectivity index (χ1n) is 8.49. The predicted octanol–water partition coefficient (Wildman–Crippen LogP) is 3.95. The predicted molar refractivity (Wildman–Crippen MR) is 97.0 cm³/mol. The summed E-state index contributed by atoms with van der Waals surface area (Å²) in [6.07, 6.45) is -4.44. The SMILES string of the molecule is CCOc1cc(C(N)c2nc(-c3cccc(C(F)(F)F)c3)n[nH]2)ccc1OC. The minimum absolute atomic E-state index is 0.134. The zero-order chi connectivity index (χ0) is 20.3. The molecule has 1 aromatic heterocycles. The van der Waals surface area contributed by atoms with Crippen LogP contribution in [0.25, 0.3) is 11.4 Å². The number of halogens is 3. The topological polar surface area (TPSA) is 86.0 Å². The third kappa shape index (κ3) is 4.09. The Hall–Kier alpha value is -3.07. The minimum Gasteiger partial charge on any atom is -0.493 e. The lowest BCUT2D eigenvalue weighted by Crippen LogP contribution is -2.14. The highest BCUT2D eigenvalue weighted by molar-refractivity contribution is 5.56. The molecule has 0 bridgehead atoms. The number of methoxy groups -OCH3 is 1. The Kier molecular flexibility index (Phi) is 5.55. The van der Waals surface area contributed by atoms with Crippen LogP contribution in [0.1, 0.15) is 29.9 Å². The summed E-state index contributed by atoms with van der Waals surface area (Å²) in [5.41, 5.74) is 6.42. The molecule has 0 saturated heterocycles. The second-order valence-corrected chi connectivity index (χ2v) is 5.94. The lowest BCUT2D eigenvalue weighted by molar-refractivity contribution is -0.137. The van der Waals surface area contributed by atoms with Crippen LogP contribution in [-0.4, -0.2) is 28.9 Å². The molecule has 6 nitrogen and oxygen atoms in total. The van der Waals surface area contributed by atoms with Crippen LogP contribution in [0.4, 0.5) is 13.2 Å². The maximum absolute atomic E-state index is 12.9. The molecule has 3 rings (SSSR count). The maximum atomic E-state index is 12.9. The number of alkyl halides is 3. The highest BCUT2D eigenvalue weighted by Gasteiger charge is 2.30. The standard InChI is InChI=1S/C19H19F3N4O2/c1-3-28-15-10-11(7-8-14(15)27-2)16(23)18-24-17(25-26-18)12-5-4-6-13(9-12)19(20,21)22/h4-10,16H,3,23H2,1-2H3,(H,24,25,26). The van der Waals surface area contributed by atoms with Gasteiger partial charge in [-0.15, -0.1) is 0 Å². The first-order chi connectivity index (χ1) is 13.3. The normalized spacial score (nSPS) is 12.6. The second-order valence-electron chi connectivity index (χ2n) is 5.94. The van der Waals surface area contributed by atoms with Gasteiger partial charge in [0.05, 0.1) is 25.3 Å². The molecule has 1 heterocycles. The van der Waals surface area contributed by atoms with E-state index in [4.69, 9.17) is 15.2 Å². The first kappa shape index (κ1) is 19.7. The van der Waals surface area contributed by atoms with Crippen molar-refractivity contribution in [1.82, 2.24) is 15.2 Å². The second kappa shape index (κ2) is 7.89. The van der Waals surface area contributed by atoms with Gasteiger partial charge in [-0.1, -0.05) is 18.2 Å². The summed E-state index contributed by atoms with van der Waals surface area (Å²) in [4.78, 5) is 4.27. The smallest absolute Gasteiger partial charge is 0.416 e. The number of ether oxygens (including phenoxy) is 2. The van der Waals surface area contributed by atoms with E-state index in [1.165, 1.54) is 19.2 Å². The molecule has 0 fully saturated rings. The summed E-state index contributed by atoms with van der Waals surface area (Å²) in [6.45, 7) is 2.31. The molecule has 0 aliphatic rings.